The minimum absolute atomic E-state index is 0.207. The van der Waals surface area contributed by atoms with Gasteiger partial charge in [-0.15, -0.1) is 0 Å². The summed E-state index contributed by atoms with van der Waals surface area (Å²) < 4.78 is 4.45. The van der Waals surface area contributed by atoms with E-state index in [1.54, 1.807) is 0 Å². The number of carbonyl (C=O) groups is 2. The van der Waals surface area contributed by atoms with Crippen LogP contribution in [0.25, 0.3) is 0 Å². The molecule has 5 nitrogen and oxygen atoms in total. The summed E-state index contributed by atoms with van der Waals surface area (Å²) in [7, 11) is 1.29. The van der Waals surface area contributed by atoms with E-state index in [-0.39, 0.29) is 12.2 Å². The van der Waals surface area contributed by atoms with Crippen LogP contribution in [0.5, 0.6) is 0 Å². The standard InChI is InChI=1S/C6H8O5/c1-11-3-4(6(9)10)2-5(7)8/h2H,3H2,1H3,(H,7,8)(H,9,10)/b4-2-. The summed E-state index contributed by atoms with van der Waals surface area (Å²) >= 11 is 0. The van der Waals surface area contributed by atoms with Crippen molar-refractivity contribution >= 4 is 11.9 Å². The zero-order valence-corrected chi connectivity index (χ0v) is 5.90. The van der Waals surface area contributed by atoms with Crippen molar-refractivity contribution in [2.45, 2.75) is 0 Å². The van der Waals surface area contributed by atoms with Gasteiger partial charge in [0, 0.05) is 13.2 Å². The summed E-state index contributed by atoms with van der Waals surface area (Å²) in [5, 5.41) is 16.5. The molecule has 0 radical (unpaired) electrons. The summed E-state index contributed by atoms with van der Waals surface area (Å²) in [5.41, 5.74) is -0.278. The molecule has 0 saturated heterocycles. The lowest BCUT2D eigenvalue weighted by atomic mass is 10.3. The monoisotopic (exact) mass is 160 g/mol. The highest BCUT2D eigenvalue weighted by atomic mass is 16.5. The highest BCUT2D eigenvalue weighted by molar-refractivity contribution is 5.94. The average molecular weight is 160 g/mol. The van der Waals surface area contributed by atoms with Gasteiger partial charge in [-0.05, 0) is 0 Å². The van der Waals surface area contributed by atoms with Crippen molar-refractivity contribution in [2.24, 2.45) is 0 Å². The maximum Gasteiger partial charge on any atom is 0.334 e. The summed E-state index contributed by atoms with van der Waals surface area (Å²) in [5.74, 6) is -2.58. The van der Waals surface area contributed by atoms with Crippen molar-refractivity contribution in [3.8, 4) is 0 Å². The Labute approximate surface area is 62.9 Å². The molecule has 0 aromatic heterocycles. The SMILES string of the molecule is COC/C(=C/C(=O)O)C(=O)O. The van der Waals surface area contributed by atoms with Crippen LogP contribution in [-0.2, 0) is 14.3 Å². The second-order valence-corrected chi connectivity index (χ2v) is 1.75. The maximum absolute atomic E-state index is 10.2. The van der Waals surface area contributed by atoms with Crippen LogP contribution >= 0.6 is 0 Å². The lowest BCUT2D eigenvalue weighted by molar-refractivity contribution is -0.135. The fraction of sp³-hybridized carbons (Fsp3) is 0.333. The van der Waals surface area contributed by atoms with Gasteiger partial charge in [0.2, 0.25) is 0 Å². The zero-order valence-electron chi connectivity index (χ0n) is 5.90. The second kappa shape index (κ2) is 4.45. The van der Waals surface area contributed by atoms with Crippen LogP contribution in [0.15, 0.2) is 11.6 Å². The molecular weight excluding hydrogens is 152 g/mol. The first-order valence-corrected chi connectivity index (χ1v) is 2.73. The van der Waals surface area contributed by atoms with Crippen molar-refractivity contribution in [1.82, 2.24) is 0 Å². The molecule has 0 atom stereocenters. The van der Waals surface area contributed by atoms with E-state index in [0.29, 0.717) is 6.08 Å². The molecule has 0 heterocycles. The lowest BCUT2D eigenvalue weighted by Gasteiger charge is -1.97. The fourth-order valence-electron chi connectivity index (χ4n) is 0.470. The molecule has 0 aromatic rings. The van der Waals surface area contributed by atoms with Crippen LogP contribution in [0.4, 0.5) is 0 Å². The summed E-state index contributed by atoms with van der Waals surface area (Å²) in [6.45, 7) is -0.207. The number of hydrogen-bond acceptors (Lipinski definition) is 3. The number of aliphatic carboxylic acids is 2. The minimum atomic E-state index is -1.29. The third-order valence-electron chi connectivity index (χ3n) is 0.872. The van der Waals surface area contributed by atoms with Gasteiger partial charge in [0.25, 0.3) is 0 Å². The van der Waals surface area contributed by atoms with E-state index in [4.69, 9.17) is 10.2 Å². The molecule has 0 aromatic carbocycles. The molecule has 11 heavy (non-hydrogen) atoms. The molecule has 0 fully saturated rings. The Bertz CT molecular complexity index is 193. The zero-order chi connectivity index (χ0) is 8.85. The van der Waals surface area contributed by atoms with E-state index < -0.39 is 11.9 Å². The molecule has 0 rings (SSSR count). The molecule has 5 heteroatoms. The van der Waals surface area contributed by atoms with Gasteiger partial charge in [-0.25, -0.2) is 9.59 Å². The van der Waals surface area contributed by atoms with E-state index >= 15 is 0 Å². The Kier molecular flexibility index (Phi) is 3.90. The van der Waals surface area contributed by atoms with Gasteiger partial charge < -0.3 is 14.9 Å². The first-order valence-electron chi connectivity index (χ1n) is 2.73. The van der Waals surface area contributed by atoms with Crippen molar-refractivity contribution in [2.75, 3.05) is 13.7 Å². The summed E-state index contributed by atoms with van der Waals surface area (Å²) in [4.78, 5) is 20.2. The third kappa shape index (κ3) is 4.10. The van der Waals surface area contributed by atoms with Crippen LogP contribution in [0.2, 0.25) is 0 Å². The van der Waals surface area contributed by atoms with Gasteiger partial charge in [-0.2, -0.15) is 0 Å². The van der Waals surface area contributed by atoms with E-state index in [1.165, 1.54) is 7.11 Å². The second-order valence-electron chi connectivity index (χ2n) is 1.75. The number of methoxy groups -OCH3 is 1. The van der Waals surface area contributed by atoms with Crippen LogP contribution in [0, 0.1) is 0 Å². The Morgan fingerprint density at radius 3 is 2.27 bits per heavy atom. The Morgan fingerprint density at radius 2 is 2.00 bits per heavy atom. The van der Waals surface area contributed by atoms with Crippen molar-refractivity contribution < 1.29 is 24.5 Å². The van der Waals surface area contributed by atoms with E-state index in [9.17, 15) is 9.59 Å². The van der Waals surface area contributed by atoms with Gasteiger partial charge in [0.05, 0.1) is 12.2 Å². The number of hydrogen-bond donors (Lipinski definition) is 2. The van der Waals surface area contributed by atoms with Crippen molar-refractivity contribution in [3.63, 3.8) is 0 Å². The van der Waals surface area contributed by atoms with E-state index in [2.05, 4.69) is 4.74 Å². The maximum atomic E-state index is 10.2. The van der Waals surface area contributed by atoms with E-state index in [0.717, 1.165) is 0 Å². The Balaban J connectivity index is 4.32. The van der Waals surface area contributed by atoms with Crippen LogP contribution in [0.1, 0.15) is 0 Å². The minimum Gasteiger partial charge on any atom is -0.478 e. The third-order valence-corrected chi connectivity index (χ3v) is 0.872. The molecule has 0 aliphatic heterocycles. The quantitative estimate of drug-likeness (QED) is 0.553. The van der Waals surface area contributed by atoms with Gasteiger partial charge in [-0.1, -0.05) is 0 Å². The first kappa shape index (κ1) is 9.64. The predicted octanol–water partition coefficient (Wildman–Crippen LogP) is -0.272. The van der Waals surface area contributed by atoms with E-state index in [1.807, 2.05) is 0 Å². The first-order chi connectivity index (χ1) is 5.07. The average Bonchev–Trinajstić information content (AvgIpc) is 1.86. The van der Waals surface area contributed by atoms with Crippen LogP contribution in [-0.4, -0.2) is 35.9 Å². The van der Waals surface area contributed by atoms with Crippen LogP contribution in [0.3, 0.4) is 0 Å². The van der Waals surface area contributed by atoms with Crippen molar-refractivity contribution in [1.29, 1.82) is 0 Å². The highest BCUT2D eigenvalue weighted by Crippen LogP contribution is 1.94. The molecule has 0 aliphatic rings. The van der Waals surface area contributed by atoms with Gasteiger partial charge in [0.15, 0.2) is 0 Å². The Morgan fingerprint density at radius 1 is 1.45 bits per heavy atom. The lowest BCUT2D eigenvalue weighted by Crippen LogP contribution is -2.08. The summed E-state index contributed by atoms with van der Waals surface area (Å²) in [6, 6.07) is 0. The topological polar surface area (TPSA) is 83.8 Å². The molecule has 0 spiro atoms. The molecule has 2 N–H and O–H groups in total. The normalized spacial score (nSPS) is 11.2. The van der Waals surface area contributed by atoms with Crippen molar-refractivity contribution in [3.05, 3.63) is 11.6 Å². The molecule has 0 saturated carbocycles. The van der Waals surface area contributed by atoms with Crippen LogP contribution < -0.4 is 0 Å². The largest absolute Gasteiger partial charge is 0.478 e. The predicted molar refractivity (Wildman–Crippen MR) is 35.2 cm³/mol. The summed E-state index contributed by atoms with van der Waals surface area (Å²) in [6.07, 6.45) is 0.603. The molecule has 0 aliphatic carbocycles. The smallest absolute Gasteiger partial charge is 0.334 e. The molecule has 0 unspecified atom stereocenters. The number of rotatable bonds is 4. The van der Waals surface area contributed by atoms with Gasteiger partial charge >= 0.3 is 11.9 Å². The molecule has 0 bridgehead atoms. The highest BCUT2D eigenvalue weighted by Gasteiger charge is 2.07. The van der Waals surface area contributed by atoms with Gasteiger partial charge in [0.1, 0.15) is 0 Å². The molecular formula is C6H8O5. The number of carboxylic acids is 2. The Hall–Kier alpha value is -1.36. The fourth-order valence-corrected chi connectivity index (χ4v) is 0.470. The number of ether oxygens (including phenoxy) is 1. The number of carboxylic acid groups (broad SMARTS) is 2. The van der Waals surface area contributed by atoms with Gasteiger partial charge in [-0.3, -0.25) is 0 Å². The molecule has 0 amide bonds. The molecule has 62 valence electrons.